The van der Waals surface area contributed by atoms with Crippen molar-refractivity contribution < 1.29 is 9.59 Å². The second kappa shape index (κ2) is 4.69. The van der Waals surface area contributed by atoms with Crippen molar-refractivity contribution in [2.75, 3.05) is 0 Å². The van der Waals surface area contributed by atoms with Crippen LogP contribution in [0.3, 0.4) is 0 Å². The maximum Gasteiger partial charge on any atom is 0.186 e. The molecule has 0 spiro atoms. The quantitative estimate of drug-likeness (QED) is 0.728. The fourth-order valence-electron chi connectivity index (χ4n) is 2.38. The van der Waals surface area contributed by atoms with Gasteiger partial charge in [0.2, 0.25) is 0 Å². The van der Waals surface area contributed by atoms with Gasteiger partial charge in [-0.25, -0.2) is 0 Å². The highest BCUT2D eigenvalue weighted by Crippen LogP contribution is 2.40. The highest BCUT2D eigenvalue weighted by molar-refractivity contribution is 8.14. The first-order chi connectivity index (χ1) is 6.83. The van der Waals surface area contributed by atoms with Gasteiger partial charge in [-0.2, -0.15) is 0 Å². The zero-order valence-corrected chi connectivity index (χ0v) is 10.8. The molecular formula is C12H20O2S. The van der Waals surface area contributed by atoms with Crippen LogP contribution in [0, 0.1) is 11.8 Å². The molecule has 0 aromatic carbocycles. The minimum atomic E-state index is -0.233. The summed E-state index contributed by atoms with van der Waals surface area (Å²) >= 11 is 1.31. The highest BCUT2D eigenvalue weighted by Gasteiger charge is 2.39. The van der Waals surface area contributed by atoms with Crippen molar-refractivity contribution in [1.82, 2.24) is 0 Å². The molecule has 1 rings (SSSR count). The van der Waals surface area contributed by atoms with Crippen LogP contribution < -0.4 is 0 Å². The molecule has 15 heavy (non-hydrogen) atoms. The van der Waals surface area contributed by atoms with E-state index in [2.05, 4.69) is 6.92 Å². The van der Waals surface area contributed by atoms with E-state index in [4.69, 9.17) is 0 Å². The number of Topliss-reactive ketones (excluding diaryl/α,β-unsaturated/α-hetero) is 1. The fourth-order valence-corrected chi connectivity index (χ4v) is 3.51. The molecule has 1 fully saturated rings. The lowest BCUT2D eigenvalue weighted by atomic mass is 9.76. The molecule has 0 saturated heterocycles. The first kappa shape index (κ1) is 12.8. The number of carbonyl (C=O) groups excluding carboxylic acids is 2. The molecule has 2 nitrogen and oxygen atoms in total. The van der Waals surface area contributed by atoms with Gasteiger partial charge in [0, 0.05) is 24.0 Å². The van der Waals surface area contributed by atoms with Crippen molar-refractivity contribution in [3.05, 3.63) is 0 Å². The minimum absolute atomic E-state index is 0.0580. The first-order valence-corrected chi connectivity index (χ1v) is 6.37. The molecule has 0 aromatic rings. The van der Waals surface area contributed by atoms with Crippen LogP contribution >= 0.6 is 11.8 Å². The summed E-state index contributed by atoms with van der Waals surface area (Å²) < 4.78 is -0.233. The van der Waals surface area contributed by atoms with Crippen LogP contribution in [0.5, 0.6) is 0 Å². The van der Waals surface area contributed by atoms with Gasteiger partial charge in [0.1, 0.15) is 5.78 Å². The summed E-state index contributed by atoms with van der Waals surface area (Å²) in [5.41, 5.74) is 0. The average molecular weight is 228 g/mol. The van der Waals surface area contributed by atoms with E-state index >= 15 is 0 Å². The second-order valence-electron chi connectivity index (χ2n) is 5.10. The van der Waals surface area contributed by atoms with Crippen LogP contribution in [0.1, 0.15) is 47.0 Å². The molecule has 0 N–H and O–H groups in total. The molecule has 0 aromatic heterocycles. The molecule has 0 bridgehead atoms. The number of hydrogen-bond acceptors (Lipinski definition) is 3. The van der Waals surface area contributed by atoms with Crippen molar-refractivity contribution in [2.45, 2.75) is 51.7 Å². The lowest BCUT2D eigenvalue weighted by molar-refractivity contribution is -0.126. The van der Waals surface area contributed by atoms with Crippen LogP contribution in [0.25, 0.3) is 0 Å². The summed E-state index contributed by atoms with van der Waals surface area (Å²) in [6.07, 6.45) is 2.73. The summed E-state index contributed by atoms with van der Waals surface area (Å²) in [4.78, 5) is 23.0. The summed E-state index contributed by atoms with van der Waals surface area (Å²) in [5, 5.41) is 0.103. The van der Waals surface area contributed by atoms with Crippen molar-refractivity contribution in [1.29, 1.82) is 0 Å². The van der Waals surface area contributed by atoms with E-state index in [1.807, 2.05) is 13.8 Å². The lowest BCUT2D eigenvalue weighted by Crippen LogP contribution is -2.38. The molecule has 1 saturated carbocycles. The van der Waals surface area contributed by atoms with Gasteiger partial charge >= 0.3 is 0 Å². The summed E-state index contributed by atoms with van der Waals surface area (Å²) in [6.45, 7) is 7.72. The fraction of sp³-hybridized carbons (Fsp3) is 0.833. The molecule has 3 heteroatoms. The Hall–Kier alpha value is -0.310. The Kier molecular flexibility index (Phi) is 3.99. The summed E-state index contributed by atoms with van der Waals surface area (Å²) in [5.74, 6) is 0.918. The van der Waals surface area contributed by atoms with Gasteiger partial charge in [-0.3, -0.25) is 9.59 Å². The van der Waals surface area contributed by atoms with E-state index < -0.39 is 0 Å². The number of ketones is 1. The maximum atomic E-state index is 11.9. The number of hydrogen-bond donors (Lipinski definition) is 0. The Labute approximate surface area is 96.2 Å². The maximum absolute atomic E-state index is 11.9. The van der Waals surface area contributed by atoms with Crippen LogP contribution in [0.4, 0.5) is 0 Å². The molecule has 0 radical (unpaired) electrons. The molecule has 1 aliphatic carbocycles. The smallest absolute Gasteiger partial charge is 0.186 e. The van der Waals surface area contributed by atoms with E-state index in [1.54, 1.807) is 6.92 Å². The third kappa shape index (κ3) is 3.33. The molecule has 0 unspecified atom stereocenters. The second-order valence-corrected chi connectivity index (χ2v) is 6.93. The van der Waals surface area contributed by atoms with Crippen LogP contribution in [0.2, 0.25) is 0 Å². The summed E-state index contributed by atoms with van der Waals surface area (Å²) in [6, 6.07) is 0. The molecule has 86 valence electrons. The van der Waals surface area contributed by atoms with Crippen LogP contribution in [0.15, 0.2) is 0 Å². The molecular weight excluding hydrogens is 208 g/mol. The number of rotatable bonds is 2. The van der Waals surface area contributed by atoms with Gasteiger partial charge in [0.25, 0.3) is 0 Å². The monoisotopic (exact) mass is 228 g/mol. The van der Waals surface area contributed by atoms with Gasteiger partial charge in [-0.1, -0.05) is 18.7 Å². The zero-order chi connectivity index (χ0) is 11.6. The predicted octanol–water partition coefficient (Wildman–Crippen LogP) is 3.05. The Balaban J connectivity index is 2.70. The normalized spacial score (nSPS) is 27.9. The third-order valence-electron chi connectivity index (χ3n) is 3.13. The van der Waals surface area contributed by atoms with E-state index in [0.29, 0.717) is 18.1 Å². The Morgan fingerprint density at radius 3 is 2.47 bits per heavy atom. The van der Waals surface area contributed by atoms with Gasteiger partial charge in [-0.15, -0.1) is 0 Å². The number of carbonyl (C=O) groups is 2. The van der Waals surface area contributed by atoms with Gasteiger partial charge in [0.15, 0.2) is 5.12 Å². The molecule has 2 atom stereocenters. The van der Waals surface area contributed by atoms with E-state index in [1.165, 1.54) is 11.8 Å². The van der Waals surface area contributed by atoms with Crippen LogP contribution in [-0.4, -0.2) is 15.6 Å². The van der Waals surface area contributed by atoms with Crippen molar-refractivity contribution >= 4 is 22.7 Å². The van der Waals surface area contributed by atoms with Gasteiger partial charge in [-0.05, 0) is 32.6 Å². The minimum Gasteiger partial charge on any atom is -0.299 e. The topological polar surface area (TPSA) is 34.1 Å². The van der Waals surface area contributed by atoms with Crippen molar-refractivity contribution in [3.8, 4) is 0 Å². The van der Waals surface area contributed by atoms with Crippen LogP contribution in [-0.2, 0) is 9.59 Å². The Morgan fingerprint density at radius 1 is 1.40 bits per heavy atom. The molecule has 0 heterocycles. The first-order valence-electron chi connectivity index (χ1n) is 5.55. The molecule has 0 aliphatic heterocycles. The third-order valence-corrected chi connectivity index (χ3v) is 4.23. The van der Waals surface area contributed by atoms with E-state index in [9.17, 15) is 9.59 Å². The number of thioether (sulfide) groups is 1. The van der Waals surface area contributed by atoms with E-state index in [-0.39, 0.29) is 15.8 Å². The SMILES string of the molecule is CC(=O)SC(C)(C)[C@H]1CC[C@H](C)CC1=O. The molecule has 1 aliphatic rings. The molecule has 0 amide bonds. The van der Waals surface area contributed by atoms with Crippen molar-refractivity contribution in [3.63, 3.8) is 0 Å². The van der Waals surface area contributed by atoms with Gasteiger partial charge in [0.05, 0.1) is 0 Å². The highest BCUT2D eigenvalue weighted by atomic mass is 32.2. The standard InChI is InChI=1S/C12H20O2S/c1-8-5-6-10(11(14)7-8)12(3,4)15-9(2)13/h8,10H,5-7H2,1-4H3/t8-,10-/m0/s1. The Bertz CT molecular complexity index is 271. The predicted molar refractivity (Wildman–Crippen MR) is 63.9 cm³/mol. The zero-order valence-electron chi connectivity index (χ0n) is 10.0. The lowest BCUT2D eigenvalue weighted by Gasteiger charge is -2.36. The summed E-state index contributed by atoms with van der Waals surface area (Å²) in [7, 11) is 0. The van der Waals surface area contributed by atoms with Crippen molar-refractivity contribution in [2.24, 2.45) is 11.8 Å². The average Bonchev–Trinajstić information content (AvgIpc) is 1.99. The largest absolute Gasteiger partial charge is 0.299 e. The van der Waals surface area contributed by atoms with E-state index in [0.717, 1.165) is 12.8 Å². The van der Waals surface area contributed by atoms with Gasteiger partial charge < -0.3 is 0 Å². The Morgan fingerprint density at radius 2 is 2.00 bits per heavy atom.